The van der Waals surface area contributed by atoms with E-state index in [2.05, 4.69) is 0 Å². The molecule has 3 aliphatic carbocycles. The molecule has 6 aromatic carbocycles. The van der Waals surface area contributed by atoms with E-state index in [4.69, 9.17) is 33.2 Å². The quantitative estimate of drug-likeness (QED) is 0.0850. The van der Waals surface area contributed by atoms with Crippen LogP contribution in [-0.2, 0) is 47.5 Å². The Morgan fingerprint density at radius 3 is 1.05 bits per heavy atom. The number of hydrogen-bond acceptors (Lipinski definition) is 14. The molecule has 15 heteroatoms. The second-order valence-electron chi connectivity index (χ2n) is 20.8. The standard InChI is InChI=1S/C22H22O5.C21H19FO4.C21H20O5/c1-25-13-18-17-11-21(23)26-19(17)12-20(18)27-22(24)16-9-7-15(8-10-16)14-5-3-2-4-6-14;2*22-12-17-16-10-20(23)25-18(16)11-19(17)26-21(24)15-8-6-14(7-9-15)13-4-2-1-3-5-13/h2-10,17-20H,11-13H2,1H3;1-9,16-19H,10-12H2;1-9,16-19,22H,10-12H2/t17-,18-,19+,20-;2*16-,17-,18+,19-/m111/s1. The molecule has 6 aromatic rings. The van der Waals surface area contributed by atoms with E-state index in [0.29, 0.717) is 49.0 Å². The Bertz CT molecular complexity index is 2940. The maximum Gasteiger partial charge on any atom is 0.338 e. The third kappa shape index (κ3) is 12.5. The predicted octanol–water partition coefficient (Wildman–Crippen LogP) is 10.1. The highest BCUT2D eigenvalue weighted by Crippen LogP contribution is 2.45. The van der Waals surface area contributed by atoms with Crippen LogP contribution in [0.15, 0.2) is 164 Å². The van der Waals surface area contributed by atoms with E-state index >= 15 is 0 Å². The third-order valence-electron chi connectivity index (χ3n) is 16.2. The minimum absolute atomic E-state index is 0.0148. The van der Waals surface area contributed by atoms with E-state index in [1.165, 1.54) is 0 Å². The van der Waals surface area contributed by atoms with Gasteiger partial charge in [-0.2, -0.15) is 0 Å². The Kier molecular flexibility index (Phi) is 17.0. The van der Waals surface area contributed by atoms with E-state index in [1.807, 2.05) is 127 Å². The number of hydrogen-bond donors (Lipinski definition) is 1. The van der Waals surface area contributed by atoms with Gasteiger partial charge in [-0.1, -0.05) is 127 Å². The highest BCUT2D eigenvalue weighted by molar-refractivity contribution is 5.92. The van der Waals surface area contributed by atoms with E-state index in [1.54, 1.807) is 43.5 Å². The summed E-state index contributed by atoms with van der Waals surface area (Å²) >= 11 is 0. The Hall–Kier alpha value is -8.01. The average Bonchev–Trinajstić information content (AvgIpc) is 4.33. The summed E-state index contributed by atoms with van der Waals surface area (Å²) in [6.07, 6.45) is 0.207. The number of benzene rings is 6. The number of methoxy groups -OCH3 is 1. The summed E-state index contributed by atoms with van der Waals surface area (Å²) in [4.78, 5) is 71.8. The van der Waals surface area contributed by atoms with Crippen LogP contribution in [0.5, 0.6) is 0 Å². The van der Waals surface area contributed by atoms with Gasteiger partial charge in [0.15, 0.2) is 0 Å². The van der Waals surface area contributed by atoms with Crippen LogP contribution in [0.4, 0.5) is 4.39 Å². The van der Waals surface area contributed by atoms with Crippen molar-refractivity contribution in [3.05, 3.63) is 180 Å². The number of alkyl halides is 1. The largest absolute Gasteiger partial charge is 0.462 e. The molecular formula is C64H61FO14. The lowest BCUT2D eigenvalue weighted by atomic mass is 9.93. The zero-order chi connectivity index (χ0) is 55.0. The highest BCUT2D eigenvalue weighted by Gasteiger charge is 2.54. The summed E-state index contributed by atoms with van der Waals surface area (Å²) < 4.78 is 51.5. The van der Waals surface area contributed by atoms with Crippen molar-refractivity contribution in [1.29, 1.82) is 0 Å². The van der Waals surface area contributed by atoms with Crippen molar-refractivity contribution in [3.8, 4) is 33.4 Å². The van der Waals surface area contributed by atoms with E-state index in [9.17, 15) is 38.3 Å². The lowest BCUT2D eigenvalue weighted by Crippen LogP contribution is -2.29. The lowest BCUT2D eigenvalue weighted by molar-refractivity contribution is -0.143. The second-order valence-corrected chi connectivity index (χ2v) is 20.8. The number of carbonyl (C=O) groups excluding carboxylic acids is 6. The molecule has 0 bridgehead atoms. The van der Waals surface area contributed by atoms with Crippen LogP contribution in [0.1, 0.15) is 69.6 Å². The van der Waals surface area contributed by atoms with Gasteiger partial charge in [0, 0.05) is 68.5 Å². The van der Waals surface area contributed by atoms with Crippen LogP contribution in [0, 0.1) is 35.5 Å². The van der Waals surface area contributed by atoms with Crippen molar-refractivity contribution in [3.63, 3.8) is 0 Å². The number of ether oxygens (including phenoxy) is 7. The third-order valence-corrected chi connectivity index (χ3v) is 16.2. The topological polar surface area (TPSA) is 187 Å². The fourth-order valence-corrected chi connectivity index (χ4v) is 12.1. The molecule has 3 saturated heterocycles. The summed E-state index contributed by atoms with van der Waals surface area (Å²) in [7, 11) is 1.62. The summed E-state index contributed by atoms with van der Waals surface area (Å²) in [5.41, 5.74) is 7.73. The van der Waals surface area contributed by atoms with Crippen molar-refractivity contribution in [2.24, 2.45) is 35.5 Å². The second kappa shape index (κ2) is 24.8. The number of aliphatic hydroxyl groups excluding tert-OH is 1. The monoisotopic (exact) mass is 1070 g/mol. The van der Waals surface area contributed by atoms with Gasteiger partial charge in [-0.25, -0.2) is 14.4 Å². The molecule has 14 nitrogen and oxygen atoms in total. The summed E-state index contributed by atoms with van der Waals surface area (Å²) in [6.45, 7) is -0.298. The SMILES string of the molecule is COC[C@@H]1[C@H]2CC(=O)O[C@H]2C[C@H]1OC(=O)c1ccc(-c2ccccc2)cc1.O=C1C[C@@H]2[C@@H](CF)[C@H](OC(=O)c3ccc(-c4ccccc4)cc3)C[C@@H]2O1.O=C1C[C@@H]2[C@@H](CO)[C@H](OC(=O)c3ccc(-c4ccccc4)cc3)C[C@@H]2O1. The number of carbonyl (C=O) groups is 6. The molecule has 0 aromatic heterocycles. The average molecular weight is 1070 g/mol. The van der Waals surface area contributed by atoms with Crippen molar-refractivity contribution in [2.75, 3.05) is 27.0 Å². The molecule has 408 valence electrons. The number of rotatable bonds is 13. The molecule has 3 aliphatic heterocycles. The van der Waals surface area contributed by atoms with Crippen molar-refractivity contribution >= 4 is 35.8 Å². The smallest absolute Gasteiger partial charge is 0.338 e. The summed E-state index contributed by atoms with van der Waals surface area (Å²) in [5, 5.41) is 9.66. The number of esters is 6. The normalized spacial score (nSPS) is 26.8. The molecule has 79 heavy (non-hydrogen) atoms. The van der Waals surface area contributed by atoms with E-state index < -0.39 is 36.7 Å². The summed E-state index contributed by atoms with van der Waals surface area (Å²) in [6, 6.07) is 51.6. The molecule has 1 N–H and O–H groups in total. The first kappa shape index (κ1) is 54.3. The zero-order valence-electron chi connectivity index (χ0n) is 43.5. The molecular weight excluding hydrogens is 1010 g/mol. The zero-order valence-corrected chi connectivity index (χ0v) is 43.5. The van der Waals surface area contributed by atoms with Gasteiger partial charge in [0.2, 0.25) is 0 Å². The molecule has 6 aliphatic rings. The Balaban J connectivity index is 0.000000134. The molecule has 12 atom stereocenters. The molecule has 0 radical (unpaired) electrons. The number of fused-ring (bicyclic) bond motifs is 3. The van der Waals surface area contributed by atoms with E-state index in [0.717, 1.165) is 33.4 Å². The maximum absolute atomic E-state index is 13.4. The van der Waals surface area contributed by atoms with Gasteiger partial charge in [0.1, 0.15) is 36.6 Å². The van der Waals surface area contributed by atoms with Crippen molar-refractivity contribution in [1.82, 2.24) is 0 Å². The van der Waals surface area contributed by atoms with Crippen LogP contribution in [0.25, 0.3) is 33.4 Å². The van der Waals surface area contributed by atoms with Crippen molar-refractivity contribution < 1.29 is 71.4 Å². The van der Waals surface area contributed by atoms with Gasteiger partial charge in [-0.05, 0) is 69.8 Å². The lowest BCUT2D eigenvalue weighted by Gasteiger charge is -2.22. The summed E-state index contributed by atoms with van der Waals surface area (Å²) in [5.74, 6) is -2.87. The molecule has 3 heterocycles. The van der Waals surface area contributed by atoms with Crippen LogP contribution in [0.2, 0.25) is 0 Å². The first-order valence-electron chi connectivity index (χ1n) is 26.8. The van der Waals surface area contributed by atoms with Crippen LogP contribution < -0.4 is 0 Å². The van der Waals surface area contributed by atoms with Crippen LogP contribution >= 0.6 is 0 Å². The fourth-order valence-electron chi connectivity index (χ4n) is 12.1. The van der Waals surface area contributed by atoms with Gasteiger partial charge >= 0.3 is 35.8 Å². The van der Waals surface area contributed by atoms with Gasteiger partial charge in [0.05, 0.1) is 49.2 Å². The van der Waals surface area contributed by atoms with Gasteiger partial charge < -0.3 is 38.3 Å². The molecule has 0 unspecified atom stereocenters. The predicted molar refractivity (Wildman–Crippen MR) is 286 cm³/mol. The Labute approximate surface area is 457 Å². The molecule has 3 saturated carbocycles. The molecule has 6 fully saturated rings. The first-order valence-corrected chi connectivity index (χ1v) is 26.8. The molecule has 0 amide bonds. The highest BCUT2D eigenvalue weighted by atomic mass is 19.1. The first-order chi connectivity index (χ1) is 38.5. The Morgan fingerprint density at radius 1 is 0.443 bits per heavy atom. The van der Waals surface area contributed by atoms with Crippen LogP contribution in [-0.4, -0.2) is 105 Å². The minimum Gasteiger partial charge on any atom is -0.462 e. The molecule has 0 spiro atoms. The van der Waals surface area contributed by atoms with Gasteiger partial charge in [-0.15, -0.1) is 0 Å². The minimum atomic E-state index is -0.622. The molecule has 12 rings (SSSR count). The fraction of sp³-hybridized carbons (Fsp3) is 0.344. The van der Waals surface area contributed by atoms with Crippen molar-refractivity contribution in [2.45, 2.75) is 75.1 Å². The maximum atomic E-state index is 13.4. The van der Waals surface area contributed by atoms with E-state index in [-0.39, 0.29) is 97.3 Å². The van der Waals surface area contributed by atoms with Gasteiger partial charge in [-0.3, -0.25) is 18.8 Å². The van der Waals surface area contributed by atoms with Gasteiger partial charge in [0.25, 0.3) is 0 Å². The van der Waals surface area contributed by atoms with Crippen LogP contribution in [0.3, 0.4) is 0 Å². The Morgan fingerprint density at radius 2 is 0.734 bits per heavy atom. The number of aliphatic hydroxyl groups is 1. The number of halogens is 1.